The van der Waals surface area contributed by atoms with Crippen LogP contribution in [0.1, 0.15) is 11.1 Å². The first-order valence-electron chi connectivity index (χ1n) is 11.4. The lowest BCUT2D eigenvalue weighted by molar-refractivity contribution is -0.384. The summed E-state index contributed by atoms with van der Waals surface area (Å²) in [6.07, 6.45) is 3.41. The largest absolute Gasteiger partial charge is 0.378 e. The molecule has 0 atom stereocenters. The molecule has 0 radical (unpaired) electrons. The highest BCUT2D eigenvalue weighted by Gasteiger charge is 2.34. The summed E-state index contributed by atoms with van der Waals surface area (Å²) in [6, 6.07) is 12.7. The van der Waals surface area contributed by atoms with E-state index in [1.54, 1.807) is 17.2 Å². The molecule has 5 rings (SSSR count). The van der Waals surface area contributed by atoms with E-state index in [0.29, 0.717) is 37.4 Å². The van der Waals surface area contributed by atoms with Crippen LogP contribution in [0, 0.1) is 10.1 Å². The summed E-state index contributed by atoms with van der Waals surface area (Å²) >= 11 is 0. The van der Waals surface area contributed by atoms with Crippen molar-refractivity contribution in [1.29, 1.82) is 0 Å². The Hall–Kier alpha value is -4.51. The van der Waals surface area contributed by atoms with E-state index in [9.17, 15) is 24.5 Å². The maximum absolute atomic E-state index is 13.0. The maximum atomic E-state index is 13.0. The molecule has 2 aromatic carbocycles. The fourth-order valence-corrected chi connectivity index (χ4v) is 4.36. The van der Waals surface area contributed by atoms with Gasteiger partial charge in [0.2, 0.25) is 5.91 Å². The summed E-state index contributed by atoms with van der Waals surface area (Å²) in [7, 11) is 0. The van der Waals surface area contributed by atoms with Gasteiger partial charge < -0.3 is 19.5 Å². The summed E-state index contributed by atoms with van der Waals surface area (Å²) in [5, 5.41) is 14.3. The second-order valence-electron chi connectivity index (χ2n) is 8.53. The number of para-hydroxylation sites is 1. The van der Waals surface area contributed by atoms with E-state index < -0.39 is 16.9 Å². The lowest BCUT2D eigenvalue weighted by Crippen LogP contribution is -2.42. The van der Waals surface area contributed by atoms with Crippen molar-refractivity contribution in [3.8, 4) is 0 Å². The van der Waals surface area contributed by atoms with Gasteiger partial charge in [0, 0.05) is 47.9 Å². The molecule has 2 saturated heterocycles. The van der Waals surface area contributed by atoms with Crippen LogP contribution in [0.5, 0.6) is 0 Å². The number of rotatable bonds is 6. The Morgan fingerprint density at radius 2 is 1.81 bits per heavy atom. The second-order valence-corrected chi connectivity index (χ2v) is 8.53. The molecule has 3 aromatic rings. The van der Waals surface area contributed by atoms with Gasteiger partial charge in [0.1, 0.15) is 12.2 Å². The molecule has 184 valence electrons. The molecule has 2 aliphatic rings. The van der Waals surface area contributed by atoms with Crippen LogP contribution in [0.3, 0.4) is 0 Å². The summed E-state index contributed by atoms with van der Waals surface area (Å²) < 4.78 is 7.17. The van der Waals surface area contributed by atoms with Crippen LogP contribution in [-0.2, 0) is 27.4 Å². The predicted molar refractivity (Wildman–Crippen MR) is 129 cm³/mol. The number of amides is 4. The molecule has 11 nitrogen and oxygen atoms in total. The molecular weight excluding hydrogens is 466 g/mol. The molecule has 0 spiro atoms. The number of imide groups is 1. The average Bonchev–Trinajstić information content (AvgIpc) is 3.36. The summed E-state index contributed by atoms with van der Waals surface area (Å²) in [5.74, 6) is -0.516. The van der Waals surface area contributed by atoms with Gasteiger partial charge in [0.15, 0.2) is 0 Å². The van der Waals surface area contributed by atoms with Crippen LogP contribution in [0.15, 0.2) is 60.4 Å². The number of nitro benzene ring substituents is 1. The lowest BCUT2D eigenvalue weighted by Gasteiger charge is -2.27. The van der Waals surface area contributed by atoms with Crippen molar-refractivity contribution in [3.05, 3.63) is 81.7 Å². The van der Waals surface area contributed by atoms with Crippen LogP contribution in [-0.4, -0.2) is 63.4 Å². The Morgan fingerprint density at radius 3 is 2.53 bits per heavy atom. The third-order valence-electron chi connectivity index (χ3n) is 6.24. The minimum Gasteiger partial charge on any atom is -0.378 e. The van der Waals surface area contributed by atoms with Gasteiger partial charge in [-0.05, 0) is 17.7 Å². The van der Waals surface area contributed by atoms with Crippen molar-refractivity contribution in [2.45, 2.75) is 13.1 Å². The van der Waals surface area contributed by atoms with E-state index in [1.807, 2.05) is 28.8 Å². The van der Waals surface area contributed by atoms with Crippen molar-refractivity contribution in [2.75, 3.05) is 26.3 Å². The van der Waals surface area contributed by atoms with E-state index in [-0.39, 0.29) is 30.4 Å². The third-order valence-corrected chi connectivity index (χ3v) is 6.24. The number of aromatic nitrogens is 1. The van der Waals surface area contributed by atoms with Crippen LogP contribution in [0.2, 0.25) is 0 Å². The number of nitrogens with zero attached hydrogens (tertiary/aromatic N) is 4. The zero-order valence-electron chi connectivity index (χ0n) is 19.3. The first-order valence-corrected chi connectivity index (χ1v) is 11.4. The van der Waals surface area contributed by atoms with Crippen LogP contribution < -0.4 is 5.32 Å². The first kappa shape index (κ1) is 23.2. The normalized spacial score (nSPS) is 17.2. The number of nitro groups is 1. The van der Waals surface area contributed by atoms with Gasteiger partial charge in [-0.25, -0.2) is 4.79 Å². The standard InChI is InChI=1S/C25H23N5O6/c31-23(27-9-11-36-12-10-27)16-28-15-18(20-3-1-2-4-22(20)28)13-21-24(32)29(25(33)26-21)14-17-5-7-19(8-6-17)30(34)35/h1-8,13,15H,9-12,14,16H2,(H,26,33). The minimum atomic E-state index is -0.573. The molecular formula is C25H23N5O6. The number of morpholine rings is 1. The number of hydrogen-bond acceptors (Lipinski definition) is 6. The first-order chi connectivity index (χ1) is 17.4. The number of ether oxygens (including phenoxy) is 1. The zero-order valence-corrected chi connectivity index (χ0v) is 19.3. The predicted octanol–water partition coefficient (Wildman–Crippen LogP) is 2.50. The monoisotopic (exact) mass is 489 g/mol. The molecule has 36 heavy (non-hydrogen) atoms. The van der Waals surface area contributed by atoms with Gasteiger partial charge in [-0.2, -0.15) is 0 Å². The van der Waals surface area contributed by atoms with E-state index in [1.165, 1.54) is 24.3 Å². The smallest absolute Gasteiger partial charge is 0.329 e. The van der Waals surface area contributed by atoms with E-state index in [4.69, 9.17) is 4.74 Å². The number of hydrogen-bond donors (Lipinski definition) is 1. The van der Waals surface area contributed by atoms with Gasteiger partial charge in [0.05, 0.1) is 24.7 Å². The topological polar surface area (TPSA) is 127 Å². The number of carbonyl (C=O) groups is 3. The van der Waals surface area contributed by atoms with E-state index in [2.05, 4.69) is 5.32 Å². The number of non-ortho nitro benzene ring substituents is 1. The molecule has 0 bridgehead atoms. The molecule has 4 amide bonds. The Labute approximate surface area is 205 Å². The molecule has 1 N–H and O–H groups in total. The molecule has 11 heteroatoms. The van der Waals surface area contributed by atoms with Crippen LogP contribution >= 0.6 is 0 Å². The van der Waals surface area contributed by atoms with Crippen molar-refractivity contribution in [3.63, 3.8) is 0 Å². The highest BCUT2D eigenvalue weighted by molar-refractivity contribution is 6.14. The Kier molecular flexibility index (Phi) is 6.21. The number of fused-ring (bicyclic) bond motifs is 1. The molecule has 0 saturated carbocycles. The van der Waals surface area contributed by atoms with Gasteiger partial charge in [-0.3, -0.25) is 24.6 Å². The Bertz CT molecular complexity index is 1390. The van der Waals surface area contributed by atoms with Gasteiger partial charge in [0.25, 0.3) is 11.6 Å². The quantitative estimate of drug-likeness (QED) is 0.245. The fourth-order valence-electron chi connectivity index (χ4n) is 4.36. The van der Waals surface area contributed by atoms with Gasteiger partial charge in [-0.15, -0.1) is 0 Å². The van der Waals surface area contributed by atoms with Crippen molar-refractivity contribution in [1.82, 2.24) is 19.7 Å². The lowest BCUT2D eigenvalue weighted by atomic mass is 10.1. The second kappa shape index (κ2) is 9.62. The number of carbonyl (C=O) groups excluding carboxylic acids is 3. The molecule has 0 aliphatic carbocycles. The van der Waals surface area contributed by atoms with Crippen LogP contribution in [0.4, 0.5) is 10.5 Å². The van der Waals surface area contributed by atoms with Gasteiger partial charge in [-0.1, -0.05) is 30.3 Å². The van der Waals surface area contributed by atoms with Crippen molar-refractivity contribution in [2.24, 2.45) is 0 Å². The molecule has 2 aliphatic heterocycles. The summed E-state index contributed by atoms with van der Waals surface area (Å²) in [4.78, 5) is 51.5. The fraction of sp³-hybridized carbons (Fsp3) is 0.240. The van der Waals surface area contributed by atoms with Crippen molar-refractivity contribution >= 4 is 40.5 Å². The minimum absolute atomic E-state index is 0.0159. The highest BCUT2D eigenvalue weighted by Crippen LogP contribution is 2.26. The van der Waals surface area contributed by atoms with E-state index in [0.717, 1.165) is 15.8 Å². The average molecular weight is 489 g/mol. The SMILES string of the molecule is O=C(Cn1cc(C=C2NC(=O)N(Cc3ccc([N+](=O)[O-])cc3)C2=O)c2ccccc21)N1CCOCC1. The van der Waals surface area contributed by atoms with Gasteiger partial charge >= 0.3 is 6.03 Å². The molecule has 2 fully saturated rings. The number of nitrogens with one attached hydrogen (secondary N) is 1. The van der Waals surface area contributed by atoms with Crippen molar-refractivity contribution < 1.29 is 24.0 Å². The Balaban J connectivity index is 1.38. The molecule has 3 heterocycles. The highest BCUT2D eigenvalue weighted by atomic mass is 16.6. The van der Waals surface area contributed by atoms with E-state index >= 15 is 0 Å². The number of benzene rings is 2. The molecule has 0 unspecified atom stereocenters. The number of urea groups is 1. The molecule has 1 aromatic heterocycles. The summed E-state index contributed by atoms with van der Waals surface area (Å²) in [6.45, 7) is 2.29. The third kappa shape index (κ3) is 4.56. The van der Waals surface area contributed by atoms with Crippen LogP contribution in [0.25, 0.3) is 17.0 Å². The Morgan fingerprint density at radius 1 is 1.08 bits per heavy atom. The maximum Gasteiger partial charge on any atom is 0.329 e. The zero-order chi connectivity index (χ0) is 25.2. The summed E-state index contributed by atoms with van der Waals surface area (Å²) in [5.41, 5.74) is 2.17.